The summed E-state index contributed by atoms with van der Waals surface area (Å²) in [6.45, 7) is 0.637. The van der Waals surface area contributed by atoms with E-state index in [9.17, 15) is 4.79 Å². The number of amides is 1. The molecule has 0 aliphatic rings. The molecule has 122 valence electrons. The summed E-state index contributed by atoms with van der Waals surface area (Å²) in [7, 11) is 1.34. The fraction of sp³-hybridized carbons (Fsp3) is 0.111. The number of nitrogens with zero attached hydrogens (tertiary/aromatic N) is 2. The first kappa shape index (κ1) is 15.6. The number of benzene rings is 2. The zero-order valence-corrected chi connectivity index (χ0v) is 13.3. The fourth-order valence-electron chi connectivity index (χ4n) is 2.37. The zero-order chi connectivity index (χ0) is 16.8. The molecule has 6 nitrogen and oxygen atoms in total. The third kappa shape index (κ3) is 3.73. The second-order valence-corrected chi connectivity index (χ2v) is 5.13. The van der Waals surface area contributed by atoms with Crippen molar-refractivity contribution in [2.24, 2.45) is 0 Å². The minimum Gasteiger partial charge on any atom is -0.453 e. The number of carbonyl (C=O) groups excluding carboxylic acids is 1. The van der Waals surface area contributed by atoms with Gasteiger partial charge in [0.15, 0.2) is 0 Å². The summed E-state index contributed by atoms with van der Waals surface area (Å²) in [5.41, 5.74) is 3.72. The molecule has 2 N–H and O–H groups in total. The Kier molecular flexibility index (Phi) is 4.76. The van der Waals surface area contributed by atoms with Gasteiger partial charge in [0.05, 0.1) is 12.8 Å². The largest absolute Gasteiger partial charge is 0.453 e. The molecule has 0 saturated heterocycles. The Morgan fingerprint density at radius 2 is 1.96 bits per heavy atom. The van der Waals surface area contributed by atoms with Crippen LogP contribution >= 0.6 is 0 Å². The number of carbonyl (C=O) groups is 1. The number of methoxy groups -OCH3 is 1. The van der Waals surface area contributed by atoms with Crippen LogP contribution in [0.25, 0.3) is 5.69 Å². The van der Waals surface area contributed by atoms with Crippen molar-refractivity contribution in [1.29, 1.82) is 0 Å². The highest BCUT2D eigenvalue weighted by atomic mass is 16.5. The highest BCUT2D eigenvalue weighted by Gasteiger charge is 2.05. The van der Waals surface area contributed by atoms with Gasteiger partial charge in [0.2, 0.25) is 0 Å². The number of anilines is 2. The Morgan fingerprint density at radius 3 is 2.75 bits per heavy atom. The number of rotatable bonds is 5. The lowest BCUT2D eigenvalue weighted by Crippen LogP contribution is -2.11. The molecular weight excluding hydrogens is 304 g/mol. The molecule has 1 heterocycles. The minimum atomic E-state index is -0.490. The summed E-state index contributed by atoms with van der Waals surface area (Å²) < 4.78 is 6.44. The van der Waals surface area contributed by atoms with Crippen LogP contribution in [0.3, 0.4) is 0 Å². The van der Waals surface area contributed by atoms with Crippen molar-refractivity contribution in [3.8, 4) is 5.69 Å². The summed E-state index contributed by atoms with van der Waals surface area (Å²) in [5, 5.41) is 10.3. The Bertz CT molecular complexity index is 815. The lowest BCUT2D eigenvalue weighted by molar-refractivity contribution is 0.187. The van der Waals surface area contributed by atoms with Crippen molar-refractivity contribution < 1.29 is 9.53 Å². The Morgan fingerprint density at radius 1 is 1.12 bits per heavy atom. The van der Waals surface area contributed by atoms with E-state index in [-0.39, 0.29) is 0 Å². The molecule has 6 heteroatoms. The van der Waals surface area contributed by atoms with Crippen LogP contribution in [0.4, 0.5) is 16.2 Å². The Balaban J connectivity index is 1.73. The van der Waals surface area contributed by atoms with Gasteiger partial charge in [-0.05, 0) is 35.9 Å². The van der Waals surface area contributed by atoms with Crippen LogP contribution in [-0.2, 0) is 11.3 Å². The van der Waals surface area contributed by atoms with Crippen LogP contribution in [0.5, 0.6) is 0 Å². The van der Waals surface area contributed by atoms with E-state index in [0.29, 0.717) is 12.2 Å². The number of hydrogen-bond acceptors (Lipinski definition) is 4. The van der Waals surface area contributed by atoms with Crippen molar-refractivity contribution in [2.45, 2.75) is 6.54 Å². The molecule has 0 bridgehead atoms. The van der Waals surface area contributed by atoms with Gasteiger partial charge in [0.25, 0.3) is 0 Å². The number of aromatic nitrogens is 2. The average Bonchev–Trinajstić information content (AvgIpc) is 3.15. The molecule has 0 aliphatic heterocycles. The molecule has 0 spiro atoms. The first-order valence-electron chi connectivity index (χ1n) is 7.53. The minimum absolute atomic E-state index is 0.490. The van der Waals surface area contributed by atoms with E-state index in [0.717, 1.165) is 16.9 Å². The smallest absolute Gasteiger partial charge is 0.411 e. The third-order valence-electron chi connectivity index (χ3n) is 3.52. The van der Waals surface area contributed by atoms with E-state index in [1.54, 1.807) is 12.3 Å². The molecule has 3 aromatic rings. The molecule has 0 saturated carbocycles. The molecule has 24 heavy (non-hydrogen) atoms. The van der Waals surface area contributed by atoms with Crippen LogP contribution in [0.15, 0.2) is 67.0 Å². The van der Waals surface area contributed by atoms with Crippen molar-refractivity contribution in [3.63, 3.8) is 0 Å². The first-order chi connectivity index (χ1) is 11.8. The van der Waals surface area contributed by atoms with E-state index < -0.39 is 6.09 Å². The summed E-state index contributed by atoms with van der Waals surface area (Å²) >= 11 is 0. The van der Waals surface area contributed by atoms with E-state index in [4.69, 9.17) is 0 Å². The predicted molar refractivity (Wildman–Crippen MR) is 93.4 cm³/mol. The van der Waals surface area contributed by atoms with Gasteiger partial charge in [-0.3, -0.25) is 5.32 Å². The Labute approximate surface area is 140 Å². The molecule has 0 unspecified atom stereocenters. The average molecular weight is 322 g/mol. The van der Waals surface area contributed by atoms with Gasteiger partial charge < -0.3 is 10.1 Å². The maximum Gasteiger partial charge on any atom is 0.411 e. The van der Waals surface area contributed by atoms with E-state index in [1.807, 2.05) is 53.3 Å². The number of nitrogens with one attached hydrogen (secondary N) is 2. The molecule has 2 aromatic carbocycles. The highest BCUT2D eigenvalue weighted by molar-refractivity contribution is 5.85. The molecular formula is C18H18N4O2. The van der Waals surface area contributed by atoms with Crippen LogP contribution in [0, 0.1) is 0 Å². The summed E-state index contributed by atoms with van der Waals surface area (Å²) in [6, 6.07) is 17.4. The maximum absolute atomic E-state index is 11.3. The highest BCUT2D eigenvalue weighted by Crippen LogP contribution is 2.18. The normalized spacial score (nSPS) is 10.2. The van der Waals surface area contributed by atoms with Gasteiger partial charge in [-0.25, -0.2) is 9.48 Å². The molecule has 0 atom stereocenters. The predicted octanol–water partition coefficient (Wildman–Crippen LogP) is 3.66. The molecule has 0 fully saturated rings. The fourth-order valence-corrected chi connectivity index (χ4v) is 2.37. The van der Waals surface area contributed by atoms with Crippen LogP contribution < -0.4 is 10.6 Å². The van der Waals surface area contributed by atoms with Gasteiger partial charge in [-0.2, -0.15) is 5.10 Å². The van der Waals surface area contributed by atoms with E-state index in [2.05, 4.69) is 26.5 Å². The lowest BCUT2D eigenvalue weighted by atomic mass is 10.1. The third-order valence-corrected chi connectivity index (χ3v) is 3.52. The van der Waals surface area contributed by atoms with Gasteiger partial charge in [-0.15, -0.1) is 0 Å². The second kappa shape index (κ2) is 7.32. The molecule has 0 radical (unpaired) electrons. The van der Waals surface area contributed by atoms with Crippen LogP contribution in [0.1, 0.15) is 5.56 Å². The standard InChI is InChI=1S/C18H18N4O2/c1-24-18(23)21-16-8-4-7-15(12-16)19-13-14-6-2-3-9-17(14)22-11-5-10-20-22/h2-12,19H,13H2,1H3,(H,21,23). The quantitative estimate of drug-likeness (QED) is 0.752. The maximum atomic E-state index is 11.3. The van der Waals surface area contributed by atoms with Crippen molar-refractivity contribution in [2.75, 3.05) is 17.7 Å². The SMILES string of the molecule is COC(=O)Nc1cccc(NCc2ccccc2-n2cccn2)c1. The van der Waals surface area contributed by atoms with Gasteiger partial charge >= 0.3 is 6.09 Å². The second-order valence-electron chi connectivity index (χ2n) is 5.13. The number of hydrogen-bond donors (Lipinski definition) is 2. The van der Waals surface area contributed by atoms with E-state index >= 15 is 0 Å². The lowest BCUT2D eigenvalue weighted by Gasteiger charge is -2.12. The number of ether oxygens (including phenoxy) is 1. The van der Waals surface area contributed by atoms with Crippen molar-refractivity contribution in [1.82, 2.24) is 9.78 Å². The van der Waals surface area contributed by atoms with E-state index in [1.165, 1.54) is 7.11 Å². The molecule has 1 aromatic heterocycles. The van der Waals surface area contributed by atoms with Crippen molar-refractivity contribution >= 4 is 17.5 Å². The monoisotopic (exact) mass is 322 g/mol. The summed E-state index contributed by atoms with van der Waals surface area (Å²) in [5.74, 6) is 0. The van der Waals surface area contributed by atoms with Crippen LogP contribution in [0.2, 0.25) is 0 Å². The summed E-state index contributed by atoms with van der Waals surface area (Å²) in [6.07, 6.45) is 3.18. The van der Waals surface area contributed by atoms with Gasteiger partial charge in [-0.1, -0.05) is 24.3 Å². The molecule has 0 aliphatic carbocycles. The summed E-state index contributed by atoms with van der Waals surface area (Å²) in [4.78, 5) is 11.3. The topological polar surface area (TPSA) is 68.2 Å². The Hall–Kier alpha value is -3.28. The molecule has 1 amide bonds. The van der Waals surface area contributed by atoms with Crippen LogP contribution in [-0.4, -0.2) is 23.0 Å². The first-order valence-corrected chi connectivity index (χ1v) is 7.53. The van der Waals surface area contributed by atoms with Gasteiger partial charge in [0, 0.05) is 30.3 Å². The van der Waals surface area contributed by atoms with Crippen molar-refractivity contribution in [3.05, 3.63) is 72.6 Å². The van der Waals surface area contributed by atoms with Gasteiger partial charge in [0.1, 0.15) is 0 Å². The molecule has 3 rings (SSSR count). The zero-order valence-electron chi connectivity index (χ0n) is 13.3. The number of para-hydroxylation sites is 1.